The third-order valence-electron chi connectivity index (χ3n) is 13.4. The number of benzene rings is 5. The lowest BCUT2D eigenvalue weighted by Crippen LogP contribution is -2.59. The van der Waals surface area contributed by atoms with Crippen LogP contribution in [0.5, 0.6) is 0 Å². The smallest absolute Gasteiger partial charge is 0.326 e. The molecular weight excluding hydrogens is 897 g/mol. The van der Waals surface area contributed by atoms with Crippen LogP contribution < -0.4 is 27.0 Å². The van der Waals surface area contributed by atoms with Crippen LogP contribution in [-0.2, 0) is 56.1 Å². The number of aromatic nitrogens is 5. The molecule has 0 radical (unpaired) electrons. The van der Waals surface area contributed by atoms with Gasteiger partial charge >= 0.3 is 5.97 Å². The molecule has 0 aliphatic rings. The zero-order valence-electron chi connectivity index (χ0n) is 38.4. The lowest BCUT2D eigenvalue weighted by atomic mass is 9.99. The topological polar surface area (TPSA) is 259 Å². The fourth-order valence-corrected chi connectivity index (χ4v) is 9.64. The summed E-state index contributed by atoms with van der Waals surface area (Å²) in [6.07, 6.45) is 9.00. The second kappa shape index (κ2) is 20.0. The molecule has 0 aliphatic heterocycles. The van der Waals surface area contributed by atoms with Crippen LogP contribution in [0.25, 0.3) is 54.5 Å². The van der Waals surface area contributed by atoms with Crippen LogP contribution in [0, 0.1) is 0 Å². The number of carbonyl (C=O) groups excluding carboxylic acids is 4. The summed E-state index contributed by atoms with van der Waals surface area (Å²) in [7, 11) is 0. The van der Waals surface area contributed by atoms with E-state index in [1.807, 2.05) is 128 Å². The van der Waals surface area contributed by atoms with Crippen LogP contribution in [-0.4, -0.2) is 89.8 Å². The Labute approximate surface area is 406 Å². The third-order valence-corrected chi connectivity index (χ3v) is 13.4. The zero-order chi connectivity index (χ0) is 49.0. The average molecular weight is 949 g/mol. The number of amides is 4. The summed E-state index contributed by atoms with van der Waals surface area (Å²) in [5.41, 5.74) is 14.5. The Bertz CT molecular complexity index is 3580. The van der Waals surface area contributed by atoms with Crippen molar-refractivity contribution in [2.75, 3.05) is 0 Å². The van der Waals surface area contributed by atoms with Crippen molar-refractivity contribution in [1.82, 2.24) is 46.2 Å². The lowest BCUT2D eigenvalue weighted by Gasteiger charge is -2.26. The second-order valence-electron chi connectivity index (χ2n) is 18.0. The maximum Gasteiger partial charge on any atom is 0.326 e. The molecule has 0 saturated heterocycles. The highest BCUT2D eigenvalue weighted by Gasteiger charge is 2.34. The third kappa shape index (κ3) is 9.87. The van der Waals surface area contributed by atoms with Crippen LogP contribution in [0.1, 0.15) is 27.8 Å². The maximum atomic E-state index is 15.0. The number of aliphatic carboxylic acids is 1. The van der Waals surface area contributed by atoms with E-state index in [1.165, 1.54) is 0 Å². The predicted molar refractivity (Wildman–Crippen MR) is 273 cm³/mol. The first-order valence-electron chi connectivity index (χ1n) is 23.5. The first kappa shape index (κ1) is 45.9. The molecule has 0 aliphatic carbocycles. The number of H-pyrrole nitrogens is 5. The number of hydrogen-bond donors (Lipinski definition) is 11. The number of nitrogens with two attached hydrogens (primary N) is 1. The molecule has 10 aromatic rings. The van der Waals surface area contributed by atoms with Crippen LogP contribution >= 0.6 is 0 Å². The molecule has 4 amide bonds. The van der Waals surface area contributed by atoms with Crippen molar-refractivity contribution in [2.24, 2.45) is 5.73 Å². The number of aromatic amines is 5. The fourth-order valence-electron chi connectivity index (χ4n) is 9.64. The molecule has 0 fully saturated rings. The SMILES string of the molecule is N[C@@H](Cc1c[nH]c2ccccc12)C(=O)N[C@H](Cc1c[nH]c2ccccc12)C(=O)N[C@@H](Cc1c[nH]c2ccccc12)C(=O)N[C@H](Cc1c[nH]c2ccccc12)C(=O)N[C@@H](Cc1c[nH]c2ccccc12)C(=O)O. The molecule has 16 nitrogen and oxygen atoms in total. The van der Waals surface area contributed by atoms with Crippen LogP contribution in [0.2, 0.25) is 0 Å². The average Bonchev–Trinajstić information content (AvgIpc) is 4.25. The minimum atomic E-state index is -1.36. The van der Waals surface area contributed by atoms with E-state index in [1.54, 1.807) is 24.8 Å². The molecule has 0 bridgehead atoms. The molecule has 5 atom stereocenters. The zero-order valence-corrected chi connectivity index (χ0v) is 38.4. The van der Waals surface area contributed by atoms with E-state index in [-0.39, 0.29) is 32.1 Å². The summed E-state index contributed by atoms with van der Waals surface area (Å²) in [6, 6.07) is 31.7. The van der Waals surface area contributed by atoms with Gasteiger partial charge in [-0.2, -0.15) is 0 Å². The van der Waals surface area contributed by atoms with Gasteiger partial charge in [0.15, 0.2) is 0 Å². The predicted octanol–water partition coefficient (Wildman–Crippen LogP) is 5.96. The molecule has 5 aromatic carbocycles. The van der Waals surface area contributed by atoms with Gasteiger partial charge in [-0.25, -0.2) is 4.79 Å². The van der Waals surface area contributed by atoms with Crippen molar-refractivity contribution in [1.29, 1.82) is 0 Å². The van der Waals surface area contributed by atoms with Crippen molar-refractivity contribution in [3.63, 3.8) is 0 Å². The number of rotatable bonds is 19. The van der Waals surface area contributed by atoms with Crippen LogP contribution in [0.3, 0.4) is 0 Å². The normalized spacial score (nSPS) is 13.8. The van der Waals surface area contributed by atoms with E-state index < -0.39 is 59.8 Å². The molecular formula is C55H52N10O6. The highest BCUT2D eigenvalue weighted by Crippen LogP contribution is 2.25. The van der Waals surface area contributed by atoms with Crippen molar-refractivity contribution in [3.05, 3.63) is 180 Å². The number of para-hydroxylation sites is 5. The number of nitrogens with one attached hydrogen (secondary N) is 9. The molecule has 0 spiro atoms. The Kier molecular flexibility index (Phi) is 12.9. The van der Waals surface area contributed by atoms with Gasteiger partial charge in [0.2, 0.25) is 23.6 Å². The first-order chi connectivity index (χ1) is 34.6. The van der Waals surface area contributed by atoms with Crippen molar-refractivity contribution < 1.29 is 29.1 Å². The van der Waals surface area contributed by atoms with E-state index in [0.717, 1.165) is 65.6 Å². The molecule has 5 heterocycles. The maximum absolute atomic E-state index is 15.0. The number of carbonyl (C=O) groups is 5. The van der Waals surface area contributed by atoms with Gasteiger partial charge in [-0.3, -0.25) is 19.2 Å². The van der Waals surface area contributed by atoms with Gasteiger partial charge in [0, 0.05) is 111 Å². The number of carboxylic acids is 1. The minimum Gasteiger partial charge on any atom is -0.480 e. The standard InChI is InChI=1S/C55H52N10O6/c56-41(21-31-26-57-42-16-6-1-11-36(31)42)51(66)62-47(22-32-27-58-43-17-7-2-12-37(32)43)52(67)63-48(23-33-28-59-44-18-8-3-13-38(33)44)53(68)64-49(24-34-29-60-45-19-9-4-14-39(34)45)54(69)65-50(55(70)71)25-35-30-61-46-20-10-5-15-40(35)46/h1-20,26-30,41,47-50,57-61H,21-25,56H2,(H,62,66)(H,63,67)(H,64,68)(H,65,69)(H,70,71)/t41-,47+,48-,49+,50-/m0/s1. The molecule has 10 rings (SSSR count). The van der Waals surface area contributed by atoms with Gasteiger partial charge in [-0.15, -0.1) is 0 Å². The molecule has 16 heteroatoms. The largest absolute Gasteiger partial charge is 0.480 e. The molecule has 0 saturated carbocycles. The summed E-state index contributed by atoms with van der Waals surface area (Å²) in [4.78, 5) is 87.6. The van der Waals surface area contributed by atoms with Gasteiger partial charge < -0.3 is 57.0 Å². The first-order valence-corrected chi connectivity index (χ1v) is 23.5. The second-order valence-corrected chi connectivity index (χ2v) is 18.0. The Morgan fingerprint density at radius 3 is 0.901 bits per heavy atom. The Balaban J connectivity index is 0.957. The summed E-state index contributed by atoms with van der Waals surface area (Å²) in [5, 5.41) is 26.2. The summed E-state index contributed by atoms with van der Waals surface area (Å²) in [6.45, 7) is 0. The van der Waals surface area contributed by atoms with E-state index >= 15 is 4.79 Å². The van der Waals surface area contributed by atoms with Gasteiger partial charge in [0.05, 0.1) is 6.04 Å². The number of hydrogen-bond acceptors (Lipinski definition) is 6. The van der Waals surface area contributed by atoms with Gasteiger partial charge in [-0.05, 0) is 64.6 Å². The van der Waals surface area contributed by atoms with E-state index in [9.17, 15) is 24.3 Å². The highest BCUT2D eigenvalue weighted by atomic mass is 16.4. The van der Waals surface area contributed by atoms with E-state index in [4.69, 9.17) is 5.73 Å². The molecule has 12 N–H and O–H groups in total. The van der Waals surface area contributed by atoms with E-state index in [0.29, 0.717) is 16.7 Å². The van der Waals surface area contributed by atoms with Gasteiger partial charge in [-0.1, -0.05) is 91.0 Å². The summed E-state index contributed by atoms with van der Waals surface area (Å²) >= 11 is 0. The molecule has 71 heavy (non-hydrogen) atoms. The van der Waals surface area contributed by atoms with Crippen molar-refractivity contribution in [2.45, 2.75) is 62.3 Å². The molecule has 0 unspecified atom stereocenters. The Morgan fingerprint density at radius 1 is 0.366 bits per heavy atom. The van der Waals surface area contributed by atoms with E-state index in [2.05, 4.69) is 46.2 Å². The number of fused-ring (bicyclic) bond motifs is 5. The van der Waals surface area contributed by atoms with Gasteiger partial charge in [0.25, 0.3) is 0 Å². The Morgan fingerprint density at radius 2 is 0.606 bits per heavy atom. The summed E-state index contributed by atoms with van der Waals surface area (Å²) < 4.78 is 0. The van der Waals surface area contributed by atoms with Crippen LogP contribution in [0.15, 0.2) is 152 Å². The lowest BCUT2D eigenvalue weighted by molar-refractivity contribution is -0.142. The van der Waals surface area contributed by atoms with Crippen LogP contribution in [0.4, 0.5) is 0 Å². The monoisotopic (exact) mass is 948 g/mol. The highest BCUT2D eigenvalue weighted by molar-refractivity contribution is 5.98. The van der Waals surface area contributed by atoms with Crippen molar-refractivity contribution >= 4 is 84.1 Å². The minimum absolute atomic E-state index is 0.0187. The van der Waals surface area contributed by atoms with Gasteiger partial charge in [0.1, 0.15) is 24.2 Å². The quantitative estimate of drug-likeness (QED) is 0.0463. The Hall–Kier alpha value is -8.89. The molecule has 5 aromatic heterocycles. The van der Waals surface area contributed by atoms with Crippen molar-refractivity contribution in [3.8, 4) is 0 Å². The molecule has 358 valence electrons. The fraction of sp³-hybridized carbons (Fsp3) is 0.182. The number of carboxylic acid groups (broad SMARTS) is 1. The summed E-state index contributed by atoms with van der Waals surface area (Å²) in [5.74, 6) is -3.93.